The molecule has 7 heteroatoms. The van der Waals surface area contributed by atoms with Gasteiger partial charge in [0.25, 0.3) is 0 Å². The molecule has 0 aliphatic rings. The minimum atomic E-state index is -0.955. The highest BCUT2D eigenvalue weighted by Crippen LogP contribution is 2.22. The zero-order valence-electron chi connectivity index (χ0n) is 11.0. The van der Waals surface area contributed by atoms with Crippen molar-refractivity contribution in [3.8, 4) is 22.8 Å². The smallest absolute Gasteiger partial charge is 0.187 e. The van der Waals surface area contributed by atoms with Crippen molar-refractivity contribution in [2.45, 2.75) is 0 Å². The third kappa shape index (κ3) is 2.45. The highest BCUT2D eigenvalue weighted by atomic mass is 19.2. The summed E-state index contributed by atoms with van der Waals surface area (Å²) in [5, 5.41) is 11.3. The van der Waals surface area contributed by atoms with E-state index in [0.717, 1.165) is 17.7 Å². The number of halogens is 2. The Hall–Kier alpha value is -2.83. The van der Waals surface area contributed by atoms with Gasteiger partial charge in [-0.05, 0) is 46.8 Å². The van der Waals surface area contributed by atoms with Crippen molar-refractivity contribution in [2.24, 2.45) is 0 Å². The Morgan fingerprint density at radius 1 is 1.00 bits per heavy atom. The van der Waals surface area contributed by atoms with Gasteiger partial charge >= 0.3 is 0 Å². The van der Waals surface area contributed by atoms with Gasteiger partial charge in [-0.3, -0.25) is 0 Å². The van der Waals surface area contributed by atoms with Crippen LogP contribution >= 0.6 is 0 Å². The van der Waals surface area contributed by atoms with Gasteiger partial charge in [0.2, 0.25) is 0 Å². The maximum absolute atomic E-state index is 13.3. The van der Waals surface area contributed by atoms with Gasteiger partial charge in [-0.15, -0.1) is 5.10 Å². The summed E-state index contributed by atoms with van der Waals surface area (Å²) in [6, 6.07) is 10.6. The van der Waals surface area contributed by atoms with Gasteiger partial charge in [-0.1, -0.05) is 0 Å². The fraction of sp³-hybridized carbons (Fsp3) is 0.0714. The number of ether oxygens (including phenoxy) is 1. The van der Waals surface area contributed by atoms with E-state index in [1.807, 2.05) is 0 Å². The molecule has 0 unspecified atom stereocenters. The van der Waals surface area contributed by atoms with Crippen LogP contribution in [0.25, 0.3) is 17.1 Å². The lowest BCUT2D eigenvalue weighted by molar-refractivity contribution is 0.415. The molecule has 3 aromatic rings. The molecule has 3 rings (SSSR count). The Bertz CT molecular complexity index is 771. The molecular formula is C14H10F2N4O. The van der Waals surface area contributed by atoms with E-state index < -0.39 is 11.6 Å². The molecule has 0 saturated heterocycles. The van der Waals surface area contributed by atoms with Crippen molar-refractivity contribution in [3.63, 3.8) is 0 Å². The molecule has 0 radical (unpaired) electrons. The predicted octanol–water partition coefficient (Wildman–Crippen LogP) is 2.62. The second-order valence-electron chi connectivity index (χ2n) is 4.24. The Balaban J connectivity index is 2.05. The summed E-state index contributed by atoms with van der Waals surface area (Å²) in [4.78, 5) is 0. The molecule has 106 valence electrons. The van der Waals surface area contributed by atoms with E-state index in [0.29, 0.717) is 17.3 Å². The average Bonchev–Trinajstić information content (AvgIpc) is 2.99. The van der Waals surface area contributed by atoms with E-state index in [1.165, 1.54) is 10.7 Å². The molecule has 0 amide bonds. The third-order valence-corrected chi connectivity index (χ3v) is 2.97. The lowest BCUT2D eigenvalue weighted by atomic mass is 10.2. The first kappa shape index (κ1) is 13.2. The molecule has 1 heterocycles. The third-order valence-electron chi connectivity index (χ3n) is 2.97. The molecule has 0 aliphatic carbocycles. The lowest BCUT2D eigenvalue weighted by Gasteiger charge is -2.06. The van der Waals surface area contributed by atoms with Gasteiger partial charge in [0.1, 0.15) is 5.75 Å². The standard InChI is InChI=1S/C14H10F2N4O/c1-21-11-5-2-9(3-6-11)14-17-18-19-20(14)10-4-7-12(15)13(16)8-10/h2-8H,1H3. The minimum absolute atomic E-state index is 0.338. The van der Waals surface area contributed by atoms with Crippen LogP contribution in [0, 0.1) is 11.6 Å². The highest BCUT2D eigenvalue weighted by molar-refractivity contribution is 5.58. The molecule has 2 aromatic carbocycles. The molecule has 1 aromatic heterocycles. The molecular weight excluding hydrogens is 278 g/mol. The fourth-order valence-electron chi connectivity index (χ4n) is 1.90. The fourth-order valence-corrected chi connectivity index (χ4v) is 1.90. The number of tetrazole rings is 1. The molecule has 0 bridgehead atoms. The molecule has 5 nitrogen and oxygen atoms in total. The monoisotopic (exact) mass is 288 g/mol. The Morgan fingerprint density at radius 3 is 2.43 bits per heavy atom. The molecule has 0 spiro atoms. The van der Waals surface area contributed by atoms with E-state index in [9.17, 15) is 8.78 Å². The Labute approximate surface area is 118 Å². The Kier molecular flexibility index (Phi) is 3.31. The van der Waals surface area contributed by atoms with Crippen LogP contribution in [0.5, 0.6) is 5.75 Å². The van der Waals surface area contributed by atoms with Crippen molar-refractivity contribution in [1.29, 1.82) is 0 Å². The van der Waals surface area contributed by atoms with Gasteiger partial charge in [0, 0.05) is 11.6 Å². The van der Waals surface area contributed by atoms with E-state index in [-0.39, 0.29) is 0 Å². The highest BCUT2D eigenvalue weighted by Gasteiger charge is 2.12. The second-order valence-corrected chi connectivity index (χ2v) is 4.24. The molecule has 21 heavy (non-hydrogen) atoms. The number of hydrogen-bond acceptors (Lipinski definition) is 4. The second kappa shape index (κ2) is 5.28. The number of rotatable bonds is 3. The summed E-state index contributed by atoms with van der Waals surface area (Å²) in [7, 11) is 1.57. The van der Waals surface area contributed by atoms with Crippen molar-refractivity contribution in [1.82, 2.24) is 20.2 Å². The first-order valence-corrected chi connectivity index (χ1v) is 6.07. The number of nitrogens with zero attached hydrogens (tertiary/aromatic N) is 4. The zero-order valence-corrected chi connectivity index (χ0v) is 11.0. The summed E-state index contributed by atoms with van der Waals surface area (Å²) in [6.45, 7) is 0. The lowest BCUT2D eigenvalue weighted by Crippen LogP contribution is -2.01. The minimum Gasteiger partial charge on any atom is -0.497 e. The van der Waals surface area contributed by atoms with Gasteiger partial charge in [-0.25, -0.2) is 8.78 Å². The normalized spacial score (nSPS) is 10.6. The van der Waals surface area contributed by atoms with E-state index in [4.69, 9.17) is 4.74 Å². The van der Waals surface area contributed by atoms with Gasteiger partial charge < -0.3 is 4.74 Å². The maximum atomic E-state index is 13.3. The van der Waals surface area contributed by atoms with Crippen molar-refractivity contribution >= 4 is 0 Å². The first-order valence-electron chi connectivity index (χ1n) is 6.07. The van der Waals surface area contributed by atoms with Crippen LogP contribution in [-0.2, 0) is 0 Å². The predicted molar refractivity (Wildman–Crippen MR) is 71.1 cm³/mol. The topological polar surface area (TPSA) is 52.8 Å². The number of aromatic nitrogens is 4. The van der Waals surface area contributed by atoms with Crippen LogP contribution in [0.2, 0.25) is 0 Å². The van der Waals surface area contributed by atoms with Crippen molar-refractivity contribution in [3.05, 3.63) is 54.1 Å². The first-order chi connectivity index (χ1) is 10.2. The van der Waals surface area contributed by atoms with E-state index in [2.05, 4.69) is 15.5 Å². The maximum Gasteiger partial charge on any atom is 0.187 e. The van der Waals surface area contributed by atoms with Gasteiger partial charge in [0.05, 0.1) is 12.8 Å². The average molecular weight is 288 g/mol. The summed E-state index contributed by atoms with van der Waals surface area (Å²) in [5.41, 5.74) is 1.07. The van der Waals surface area contributed by atoms with Crippen LogP contribution in [0.1, 0.15) is 0 Å². The quantitative estimate of drug-likeness (QED) is 0.743. The van der Waals surface area contributed by atoms with E-state index >= 15 is 0 Å². The summed E-state index contributed by atoms with van der Waals surface area (Å²) < 4.78 is 32.7. The SMILES string of the molecule is COc1ccc(-c2nnnn2-c2ccc(F)c(F)c2)cc1. The molecule has 0 saturated carbocycles. The van der Waals surface area contributed by atoms with Crippen LogP contribution in [0.15, 0.2) is 42.5 Å². The van der Waals surface area contributed by atoms with Crippen LogP contribution in [-0.4, -0.2) is 27.3 Å². The summed E-state index contributed by atoms with van der Waals surface area (Å²) >= 11 is 0. The molecule has 0 atom stereocenters. The van der Waals surface area contributed by atoms with Crippen LogP contribution in [0.4, 0.5) is 8.78 Å². The van der Waals surface area contributed by atoms with Gasteiger partial charge in [-0.2, -0.15) is 4.68 Å². The number of benzene rings is 2. The zero-order chi connectivity index (χ0) is 14.8. The van der Waals surface area contributed by atoms with Crippen molar-refractivity contribution in [2.75, 3.05) is 7.11 Å². The summed E-state index contributed by atoms with van der Waals surface area (Å²) in [5.74, 6) is -0.754. The van der Waals surface area contributed by atoms with Gasteiger partial charge in [0.15, 0.2) is 17.5 Å². The number of methoxy groups -OCH3 is 1. The number of hydrogen-bond donors (Lipinski definition) is 0. The van der Waals surface area contributed by atoms with E-state index in [1.54, 1.807) is 31.4 Å². The molecule has 0 N–H and O–H groups in total. The molecule has 0 aliphatic heterocycles. The molecule has 0 fully saturated rings. The largest absolute Gasteiger partial charge is 0.497 e. The summed E-state index contributed by atoms with van der Waals surface area (Å²) in [6.07, 6.45) is 0. The van der Waals surface area contributed by atoms with Crippen molar-refractivity contribution < 1.29 is 13.5 Å². The Morgan fingerprint density at radius 2 is 1.76 bits per heavy atom. The van der Waals surface area contributed by atoms with Crippen LogP contribution in [0.3, 0.4) is 0 Å². The van der Waals surface area contributed by atoms with Crippen LogP contribution < -0.4 is 4.74 Å².